The molecule has 1 heterocycles. The summed E-state index contributed by atoms with van der Waals surface area (Å²) in [4.78, 5) is 4.36. The zero-order chi connectivity index (χ0) is 16.8. The van der Waals surface area contributed by atoms with E-state index in [0.717, 1.165) is 24.0 Å². The summed E-state index contributed by atoms with van der Waals surface area (Å²) in [5, 5.41) is 0. The van der Waals surface area contributed by atoms with Crippen molar-refractivity contribution in [1.29, 1.82) is 0 Å². The van der Waals surface area contributed by atoms with E-state index >= 15 is 0 Å². The van der Waals surface area contributed by atoms with Gasteiger partial charge >= 0.3 is 0 Å². The average molecular weight is 315 g/mol. The van der Waals surface area contributed by atoms with Crippen LogP contribution >= 0.6 is 0 Å². The lowest BCUT2D eigenvalue weighted by Crippen LogP contribution is -1.91. The van der Waals surface area contributed by atoms with E-state index in [9.17, 15) is 4.39 Å². The highest BCUT2D eigenvalue weighted by atomic mass is 19.1. The third-order valence-electron chi connectivity index (χ3n) is 3.84. The first-order chi connectivity index (χ1) is 11.7. The molecular weight excluding hydrogens is 297 g/mol. The molecule has 1 nitrogen and oxygen atoms in total. The van der Waals surface area contributed by atoms with Gasteiger partial charge in [-0.25, -0.2) is 9.37 Å². The molecule has 0 aliphatic carbocycles. The molecule has 0 atom stereocenters. The minimum atomic E-state index is -0.275. The van der Waals surface area contributed by atoms with Gasteiger partial charge in [0.05, 0.1) is 5.56 Å². The maximum atomic E-state index is 13.9. The van der Waals surface area contributed by atoms with Gasteiger partial charge in [0.2, 0.25) is 0 Å². The van der Waals surface area contributed by atoms with Gasteiger partial charge < -0.3 is 0 Å². The SMILES string of the molecule is CCc1ccc(C#Cc2ccc(Cc3ccccc3)cn2)c(F)c1. The maximum Gasteiger partial charge on any atom is 0.139 e. The van der Waals surface area contributed by atoms with Crippen molar-refractivity contribution in [3.05, 3.63) is 101 Å². The molecule has 0 spiro atoms. The fourth-order valence-corrected chi connectivity index (χ4v) is 2.45. The number of hydrogen-bond donors (Lipinski definition) is 0. The molecule has 0 N–H and O–H groups in total. The second-order valence-corrected chi connectivity index (χ2v) is 5.63. The van der Waals surface area contributed by atoms with E-state index in [2.05, 4.69) is 29.0 Å². The zero-order valence-electron chi connectivity index (χ0n) is 13.6. The number of aryl methyl sites for hydroxylation is 1. The molecule has 0 aliphatic heterocycles. The summed E-state index contributed by atoms with van der Waals surface area (Å²) in [6.45, 7) is 2.00. The fraction of sp³-hybridized carbons (Fsp3) is 0.136. The molecule has 0 unspecified atom stereocenters. The van der Waals surface area contributed by atoms with Gasteiger partial charge in [-0.1, -0.05) is 55.3 Å². The predicted octanol–water partition coefficient (Wildman–Crippen LogP) is 4.77. The monoisotopic (exact) mass is 315 g/mol. The Labute approximate surface area is 142 Å². The van der Waals surface area contributed by atoms with Gasteiger partial charge in [-0.2, -0.15) is 0 Å². The first-order valence-electron chi connectivity index (χ1n) is 8.04. The van der Waals surface area contributed by atoms with Crippen molar-refractivity contribution < 1.29 is 4.39 Å². The number of hydrogen-bond acceptors (Lipinski definition) is 1. The van der Waals surface area contributed by atoms with Crippen LogP contribution in [0.5, 0.6) is 0 Å². The molecule has 118 valence electrons. The minimum Gasteiger partial charge on any atom is -0.247 e. The van der Waals surface area contributed by atoms with E-state index in [1.54, 1.807) is 12.1 Å². The van der Waals surface area contributed by atoms with Crippen LogP contribution in [-0.4, -0.2) is 4.98 Å². The van der Waals surface area contributed by atoms with Crippen LogP contribution in [0.25, 0.3) is 0 Å². The molecule has 0 aliphatic rings. The lowest BCUT2D eigenvalue weighted by molar-refractivity contribution is 0.622. The second kappa shape index (κ2) is 7.57. The number of benzene rings is 2. The number of halogens is 1. The largest absolute Gasteiger partial charge is 0.247 e. The van der Waals surface area contributed by atoms with Crippen molar-refractivity contribution in [2.45, 2.75) is 19.8 Å². The minimum absolute atomic E-state index is 0.275. The Balaban J connectivity index is 1.73. The van der Waals surface area contributed by atoms with E-state index in [1.807, 2.05) is 49.5 Å². The summed E-state index contributed by atoms with van der Waals surface area (Å²) in [6.07, 6.45) is 3.48. The van der Waals surface area contributed by atoms with Crippen LogP contribution < -0.4 is 0 Å². The van der Waals surface area contributed by atoms with Gasteiger partial charge in [0.25, 0.3) is 0 Å². The molecule has 0 fully saturated rings. The molecule has 3 rings (SSSR count). The van der Waals surface area contributed by atoms with Crippen molar-refractivity contribution in [2.24, 2.45) is 0 Å². The van der Waals surface area contributed by atoms with Crippen molar-refractivity contribution in [3.63, 3.8) is 0 Å². The van der Waals surface area contributed by atoms with E-state index in [0.29, 0.717) is 11.3 Å². The summed E-state index contributed by atoms with van der Waals surface area (Å²) in [6, 6.07) is 19.3. The Kier molecular flexibility index (Phi) is 5.03. The van der Waals surface area contributed by atoms with Crippen LogP contribution in [0.4, 0.5) is 4.39 Å². The summed E-state index contributed by atoms with van der Waals surface area (Å²) in [5.41, 5.74) is 4.40. The third kappa shape index (κ3) is 4.08. The number of nitrogens with zero attached hydrogens (tertiary/aromatic N) is 1. The smallest absolute Gasteiger partial charge is 0.139 e. The highest BCUT2D eigenvalue weighted by Crippen LogP contribution is 2.11. The Bertz CT molecular complexity index is 871. The summed E-state index contributed by atoms with van der Waals surface area (Å²) in [7, 11) is 0. The molecule has 0 saturated heterocycles. The lowest BCUT2D eigenvalue weighted by atomic mass is 10.1. The molecule has 0 bridgehead atoms. The number of rotatable bonds is 3. The molecule has 24 heavy (non-hydrogen) atoms. The molecule has 3 aromatic rings. The average Bonchev–Trinajstić information content (AvgIpc) is 2.63. The van der Waals surface area contributed by atoms with E-state index in [1.165, 1.54) is 5.56 Å². The maximum absolute atomic E-state index is 13.9. The number of aromatic nitrogens is 1. The Morgan fingerprint density at radius 3 is 2.33 bits per heavy atom. The molecule has 1 aromatic heterocycles. The van der Waals surface area contributed by atoms with E-state index < -0.39 is 0 Å². The number of pyridine rings is 1. The molecule has 0 saturated carbocycles. The third-order valence-corrected chi connectivity index (χ3v) is 3.84. The highest BCUT2D eigenvalue weighted by molar-refractivity contribution is 5.42. The van der Waals surface area contributed by atoms with Gasteiger partial charge in [-0.15, -0.1) is 0 Å². The van der Waals surface area contributed by atoms with Gasteiger partial charge in [-0.3, -0.25) is 0 Å². The Hall–Kier alpha value is -2.92. The quantitative estimate of drug-likeness (QED) is 0.634. The van der Waals surface area contributed by atoms with Crippen molar-refractivity contribution in [3.8, 4) is 11.8 Å². The molecule has 0 amide bonds. The van der Waals surface area contributed by atoms with Crippen LogP contribution in [0.1, 0.15) is 34.9 Å². The first-order valence-corrected chi connectivity index (χ1v) is 8.04. The Morgan fingerprint density at radius 2 is 1.67 bits per heavy atom. The normalized spacial score (nSPS) is 10.1. The standard InChI is InChI=1S/C22H18FN/c1-2-17-8-10-20(22(23)15-17)11-13-21-12-9-19(16-24-21)14-18-6-4-3-5-7-18/h3-10,12,15-16H,2,14H2,1H3. The van der Waals surface area contributed by atoms with Crippen molar-refractivity contribution in [2.75, 3.05) is 0 Å². The molecule has 2 heteroatoms. The van der Waals surface area contributed by atoms with Gasteiger partial charge in [0.15, 0.2) is 0 Å². The second-order valence-electron chi connectivity index (χ2n) is 5.63. The Morgan fingerprint density at radius 1 is 0.875 bits per heavy atom. The zero-order valence-corrected chi connectivity index (χ0v) is 13.6. The van der Waals surface area contributed by atoms with Gasteiger partial charge in [-0.05, 0) is 53.7 Å². The van der Waals surface area contributed by atoms with Gasteiger partial charge in [0.1, 0.15) is 11.5 Å². The summed E-state index contributed by atoms with van der Waals surface area (Å²) < 4.78 is 13.9. The van der Waals surface area contributed by atoms with E-state index in [-0.39, 0.29) is 5.82 Å². The summed E-state index contributed by atoms with van der Waals surface area (Å²) in [5.74, 6) is 5.52. The molecule has 2 aromatic carbocycles. The van der Waals surface area contributed by atoms with Crippen molar-refractivity contribution in [1.82, 2.24) is 4.98 Å². The van der Waals surface area contributed by atoms with Crippen LogP contribution in [0.3, 0.4) is 0 Å². The van der Waals surface area contributed by atoms with Crippen LogP contribution in [0.15, 0.2) is 66.9 Å². The fourth-order valence-electron chi connectivity index (χ4n) is 2.45. The topological polar surface area (TPSA) is 12.9 Å². The van der Waals surface area contributed by atoms with Gasteiger partial charge in [0, 0.05) is 6.20 Å². The lowest BCUT2D eigenvalue weighted by Gasteiger charge is -2.01. The van der Waals surface area contributed by atoms with Crippen molar-refractivity contribution >= 4 is 0 Å². The van der Waals surface area contributed by atoms with Crippen LogP contribution in [-0.2, 0) is 12.8 Å². The van der Waals surface area contributed by atoms with E-state index in [4.69, 9.17) is 0 Å². The van der Waals surface area contributed by atoms with Crippen LogP contribution in [0.2, 0.25) is 0 Å². The van der Waals surface area contributed by atoms with Crippen LogP contribution in [0, 0.1) is 17.7 Å². The highest BCUT2D eigenvalue weighted by Gasteiger charge is 2.00. The predicted molar refractivity (Wildman–Crippen MR) is 95.2 cm³/mol. The molecular formula is C22H18FN. The summed E-state index contributed by atoms with van der Waals surface area (Å²) >= 11 is 0. The first kappa shape index (κ1) is 16.0. The molecule has 0 radical (unpaired) electrons.